The Morgan fingerprint density at radius 1 is 0.730 bits per heavy atom. The van der Waals surface area contributed by atoms with Gasteiger partial charge in [0.1, 0.15) is 17.5 Å². The molecule has 37 heavy (non-hydrogen) atoms. The lowest BCUT2D eigenvalue weighted by molar-refractivity contribution is 0.245. The van der Waals surface area contributed by atoms with E-state index >= 15 is 0 Å². The van der Waals surface area contributed by atoms with Crippen molar-refractivity contribution in [2.75, 3.05) is 19.0 Å². The third-order valence-electron chi connectivity index (χ3n) is 8.42. The first kappa shape index (κ1) is 25.7. The molecule has 5 rings (SSSR count). The van der Waals surface area contributed by atoms with Crippen molar-refractivity contribution >= 4 is 27.8 Å². The molecular weight excluding hydrogens is 454 g/mol. The van der Waals surface area contributed by atoms with Gasteiger partial charge in [-0.05, 0) is 48.9 Å². The highest BCUT2D eigenvalue weighted by Crippen LogP contribution is 2.34. The molecule has 0 radical (unpaired) electrons. The fraction of sp³-hybridized carbons (Fsp3) is 0.531. The van der Waals surface area contributed by atoms with Gasteiger partial charge >= 0.3 is 0 Å². The van der Waals surface area contributed by atoms with Crippen LogP contribution in [0.3, 0.4) is 0 Å². The molecule has 4 aromatic rings. The van der Waals surface area contributed by atoms with E-state index in [1.54, 1.807) is 0 Å². The summed E-state index contributed by atoms with van der Waals surface area (Å²) >= 11 is 0. The number of hydrogen-bond acceptors (Lipinski definition) is 4. The zero-order chi connectivity index (χ0) is 25.6. The monoisotopic (exact) mass is 497 g/mol. The predicted molar refractivity (Wildman–Crippen MR) is 155 cm³/mol. The second-order valence-electron chi connectivity index (χ2n) is 11.3. The van der Waals surface area contributed by atoms with Gasteiger partial charge in [0.25, 0.3) is 0 Å². The van der Waals surface area contributed by atoms with E-state index in [4.69, 9.17) is 15.0 Å². The first-order chi connectivity index (χ1) is 18.1. The van der Waals surface area contributed by atoms with Crippen molar-refractivity contribution in [1.29, 1.82) is 0 Å². The Morgan fingerprint density at radius 3 is 2.03 bits per heavy atom. The van der Waals surface area contributed by atoms with Gasteiger partial charge in [-0.25, -0.2) is 15.0 Å². The number of imidazole rings is 1. The van der Waals surface area contributed by atoms with Gasteiger partial charge in [-0.1, -0.05) is 75.6 Å². The summed E-state index contributed by atoms with van der Waals surface area (Å²) in [6.45, 7) is 0. The molecule has 0 unspecified atom stereocenters. The average Bonchev–Trinajstić information content (AvgIpc) is 3.24. The van der Waals surface area contributed by atoms with Crippen LogP contribution in [-0.4, -0.2) is 33.6 Å². The van der Waals surface area contributed by atoms with Gasteiger partial charge in [0, 0.05) is 39.4 Å². The molecule has 0 amide bonds. The lowest BCUT2D eigenvalue weighted by Gasteiger charge is -2.28. The Balaban J connectivity index is 0.989. The zero-order valence-electron chi connectivity index (χ0n) is 23.0. The third kappa shape index (κ3) is 6.31. The van der Waals surface area contributed by atoms with Gasteiger partial charge in [-0.3, -0.25) is 0 Å². The van der Waals surface area contributed by atoms with Crippen LogP contribution in [0.2, 0.25) is 0 Å². The molecule has 2 aromatic heterocycles. The summed E-state index contributed by atoms with van der Waals surface area (Å²) in [7, 11) is 6.29. The molecule has 0 atom stereocenters. The number of aryl methyl sites for hydroxylation is 3. The second-order valence-corrected chi connectivity index (χ2v) is 11.3. The number of nitrogens with zero attached hydrogens (tertiary/aromatic N) is 5. The number of fused-ring (bicyclic) bond motifs is 2. The highest BCUT2D eigenvalue weighted by molar-refractivity contribution is 5.89. The molecule has 1 saturated carbocycles. The molecule has 0 N–H and O–H groups in total. The van der Waals surface area contributed by atoms with E-state index in [1.165, 1.54) is 75.5 Å². The quantitative estimate of drug-likeness (QED) is 0.201. The number of unbranched alkanes of at least 4 members (excludes halogenated alkanes) is 2. The van der Waals surface area contributed by atoms with Crippen molar-refractivity contribution in [1.82, 2.24) is 19.5 Å². The summed E-state index contributed by atoms with van der Waals surface area (Å²) in [4.78, 5) is 16.7. The molecular formula is C32H43N5. The van der Waals surface area contributed by atoms with Gasteiger partial charge in [-0.2, -0.15) is 0 Å². The van der Waals surface area contributed by atoms with E-state index in [1.807, 2.05) is 0 Å². The summed E-state index contributed by atoms with van der Waals surface area (Å²) in [5.74, 6) is 5.12. The van der Waals surface area contributed by atoms with Crippen LogP contribution in [-0.2, 0) is 19.9 Å². The summed E-state index contributed by atoms with van der Waals surface area (Å²) in [5, 5.41) is 1.14. The van der Waals surface area contributed by atoms with Gasteiger partial charge < -0.3 is 9.47 Å². The van der Waals surface area contributed by atoms with Crippen molar-refractivity contribution in [2.45, 2.75) is 77.0 Å². The number of aromatic nitrogens is 4. The molecule has 0 aliphatic heterocycles. The number of benzene rings is 2. The van der Waals surface area contributed by atoms with E-state index < -0.39 is 0 Å². The SMILES string of the molecule is CN(C)c1nc(CCCCC2CCC(CCCCc3nc4ccccc4n3C)CC2)nc2ccccc12. The Labute approximate surface area is 222 Å². The van der Waals surface area contributed by atoms with Crippen LogP contribution >= 0.6 is 0 Å². The lowest BCUT2D eigenvalue weighted by atomic mass is 9.78. The maximum absolute atomic E-state index is 4.87. The van der Waals surface area contributed by atoms with Crippen molar-refractivity contribution in [2.24, 2.45) is 18.9 Å². The number of hydrogen-bond donors (Lipinski definition) is 0. The maximum atomic E-state index is 4.87. The van der Waals surface area contributed by atoms with Crippen LogP contribution < -0.4 is 4.90 Å². The van der Waals surface area contributed by atoms with Crippen LogP contribution in [0, 0.1) is 11.8 Å². The summed E-state index contributed by atoms with van der Waals surface area (Å²) in [6.07, 6.45) is 15.6. The van der Waals surface area contributed by atoms with Crippen molar-refractivity contribution in [3.8, 4) is 0 Å². The van der Waals surface area contributed by atoms with Crippen LogP contribution in [0.1, 0.15) is 75.9 Å². The largest absolute Gasteiger partial charge is 0.362 e. The van der Waals surface area contributed by atoms with Gasteiger partial charge in [0.05, 0.1) is 16.6 Å². The van der Waals surface area contributed by atoms with Gasteiger partial charge in [-0.15, -0.1) is 0 Å². The number of rotatable bonds is 11. The van der Waals surface area contributed by atoms with E-state index in [-0.39, 0.29) is 0 Å². The molecule has 2 heterocycles. The molecule has 0 bridgehead atoms. The minimum absolute atomic E-state index is 0.922. The van der Waals surface area contributed by atoms with Gasteiger partial charge in [0.2, 0.25) is 0 Å². The van der Waals surface area contributed by atoms with Crippen molar-refractivity contribution < 1.29 is 0 Å². The third-order valence-corrected chi connectivity index (χ3v) is 8.42. The Kier molecular flexibility index (Phi) is 8.38. The van der Waals surface area contributed by atoms with E-state index in [0.717, 1.165) is 52.7 Å². The van der Waals surface area contributed by atoms with Crippen molar-refractivity contribution in [3.05, 3.63) is 60.2 Å². The van der Waals surface area contributed by atoms with E-state index in [0.29, 0.717) is 0 Å². The first-order valence-corrected chi connectivity index (χ1v) is 14.4. The standard InChI is InChI=1S/C32H43N5/c1-36(2)32-26-14-6-7-15-27(26)33-30(35-32)18-10-4-12-24-20-22-25(23-21-24)13-5-11-19-31-34-28-16-8-9-17-29(28)37(31)3/h6-9,14-17,24-25H,4-5,10-13,18-23H2,1-3H3. The molecule has 1 fully saturated rings. The second kappa shape index (κ2) is 12.1. The van der Waals surface area contributed by atoms with E-state index in [9.17, 15) is 0 Å². The zero-order valence-corrected chi connectivity index (χ0v) is 23.0. The fourth-order valence-corrected chi connectivity index (χ4v) is 6.22. The predicted octanol–water partition coefficient (Wildman–Crippen LogP) is 7.51. The van der Waals surface area contributed by atoms with Crippen LogP contribution in [0.25, 0.3) is 21.9 Å². The average molecular weight is 498 g/mol. The van der Waals surface area contributed by atoms with Crippen LogP contribution in [0.5, 0.6) is 0 Å². The molecule has 5 nitrogen and oxygen atoms in total. The lowest BCUT2D eigenvalue weighted by Crippen LogP contribution is -2.15. The summed E-state index contributed by atoms with van der Waals surface area (Å²) < 4.78 is 2.27. The minimum Gasteiger partial charge on any atom is -0.362 e. The Hall–Kier alpha value is -2.95. The first-order valence-electron chi connectivity index (χ1n) is 14.4. The number of anilines is 1. The summed E-state index contributed by atoms with van der Waals surface area (Å²) in [6, 6.07) is 16.8. The minimum atomic E-state index is 0.922. The van der Waals surface area contributed by atoms with Gasteiger partial charge in [0.15, 0.2) is 0 Å². The van der Waals surface area contributed by atoms with Crippen LogP contribution in [0.15, 0.2) is 48.5 Å². The Bertz CT molecular complexity index is 1300. The summed E-state index contributed by atoms with van der Waals surface area (Å²) in [5.41, 5.74) is 3.43. The maximum Gasteiger partial charge on any atom is 0.139 e. The molecule has 1 aliphatic rings. The smallest absolute Gasteiger partial charge is 0.139 e. The van der Waals surface area contributed by atoms with Crippen molar-refractivity contribution in [3.63, 3.8) is 0 Å². The van der Waals surface area contributed by atoms with E-state index in [2.05, 4.69) is 79.1 Å². The normalized spacial score (nSPS) is 18.0. The Morgan fingerprint density at radius 2 is 1.35 bits per heavy atom. The molecule has 196 valence electrons. The molecule has 2 aromatic carbocycles. The molecule has 1 aliphatic carbocycles. The fourth-order valence-electron chi connectivity index (χ4n) is 6.22. The highest BCUT2D eigenvalue weighted by atomic mass is 15.2. The topological polar surface area (TPSA) is 46.8 Å². The number of para-hydroxylation sites is 3. The molecule has 0 saturated heterocycles. The molecule has 5 heteroatoms. The highest BCUT2D eigenvalue weighted by Gasteiger charge is 2.21. The van der Waals surface area contributed by atoms with Crippen LogP contribution in [0.4, 0.5) is 5.82 Å². The molecule has 0 spiro atoms.